The van der Waals surface area contributed by atoms with Gasteiger partial charge in [0, 0.05) is 25.0 Å². The molecule has 2 N–H and O–H groups in total. The first-order chi connectivity index (χ1) is 14.2. The first kappa shape index (κ1) is 19.4. The van der Waals surface area contributed by atoms with E-state index in [1.807, 2.05) is 0 Å². The number of pyridine rings is 1. The molecule has 7 nitrogen and oxygen atoms in total. The monoisotopic (exact) mass is 415 g/mol. The smallest absolute Gasteiger partial charge is 0.283 e. The normalized spacial score (nSPS) is 11.8. The van der Waals surface area contributed by atoms with Crippen LogP contribution in [0.3, 0.4) is 0 Å². The molecule has 0 aliphatic carbocycles. The molecule has 0 saturated heterocycles. The van der Waals surface area contributed by atoms with Crippen LogP contribution in [0, 0.1) is 22.5 Å². The Morgan fingerprint density at radius 1 is 1.07 bits per heavy atom. The number of nitrogens with one attached hydrogen (secondary N) is 2. The number of hydrogen-bond donors (Lipinski definition) is 2. The molecular formula is C19H13F4N7. The molecule has 0 aliphatic rings. The quantitative estimate of drug-likeness (QED) is 0.306. The van der Waals surface area contributed by atoms with Gasteiger partial charge >= 0.3 is 5.92 Å². The highest BCUT2D eigenvalue weighted by Crippen LogP contribution is 2.34. The van der Waals surface area contributed by atoms with E-state index in [1.54, 1.807) is 0 Å². The maximum atomic E-state index is 15.1. The molecule has 30 heavy (non-hydrogen) atoms. The Hall–Kier alpha value is -3.89. The van der Waals surface area contributed by atoms with E-state index in [9.17, 15) is 8.78 Å². The molecule has 0 spiro atoms. The maximum Gasteiger partial charge on any atom is 0.334 e. The molecule has 0 atom stereocenters. The maximum absolute atomic E-state index is 15.1. The highest BCUT2D eigenvalue weighted by atomic mass is 19.3. The average Bonchev–Trinajstić information content (AvgIpc) is 3.09. The molecule has 1 aromatic carbocycles. The number of halogens is 4. The second kappa shape index (κ2) is 6.87. The third-order valence-electron chi connectivity index (χ3n) is 4.42. The summed E-state index contributed by atoms with van der Waals surface area (Å²) in [6.07, 6.45) is 3.48. The molecule has 0 saturated carbocycles. The number of benzene rings is 1. The third kappa shape index (κ3) is 3.13. The van der Waals surface area contributed by atoms with Gasteiger partial charge in [-0.05, 0) is 30.3 Å². The summed E-state index contributed by atoms with van der Waals surface area (Å²) < 4.78 is 60.1. The summed E-state index contributed by atoms with van der Waals surface area (Å²) in [4.78, 5) is 3.67. The Kier molecular flexibility index (Phi) is 4.45. The van der Waals surface area contributed by atoms with Crippen molar-refractivity contribution >= 4 is 16.7 Å². The van der Waals surface area contributed by atoms with Crippen molar-refractivity contribution in [3.63, 3.8) is 0 Å². The number of aryl methyl sites for hydroxylation is 1. The third-order valence-corrected chi connectivity index (χ3v) is 4.42. The molecule has 4 aromatic rings. The standard InChI is InChI=1S/C19H13F4N7/c1-29-9-12-15(27-29)3-2-13(17(12)21)19(22,23)18(25)30-16(24)5-4-14(28-30)10-6-11(20)8-26-7-10/h2-9,24-25H,1H3. The summed E-state index contributed by atoms with van der Waals surface area (Å²) in [6, 6.07) is 5.59. The summed E-state index contributed by atoms with van der Waals surface area (Å²) in [6.45, 7) is 0. The molecule has 4 rings (SSSR count). The number of hydrogen-bond acceptors (Lipinski definition) is 5. The van der Waals surface area contributed by atoms with Gasteiger partial charge in [0.1, 0.15) is 17.1 Å². The lowest BCUT2D eigenvalue weighted by atomic mass is 10.0. The van der Waals surface area contributed by atoms with Gasteiger partial charge in [-0.3, -0.25) is 20.5 Å². The number of alkyl halides is 2. The largest absolute Gasteiger partial charge is 0.334 e. The van der Waals surface area contributed by atoms with Gasteiger partial charge in [0.2, 0.25) is 0 Å². The van der Waals surface area contributed by atoms with Crippen molar-refractivity contribution < 1.29 is 17.6 Å². The highest BCUT2D eigenvalue weighted by molar-refractivity contribution is 5.90. The predicted molar refractivity (Wildman–Crippen MR) is 99.0 cm³/mol. The molecule has 0 amide bonds. The van der Waals surface area contributed by atoms with Crippen LogP contribution in [0.1, 0.15) is 5.56 Å². The molecular weight excluding hydrogens is 402 g/mol. The summed E-state index contributed by atoms with van der Waals surface area (Å²) >= 11 is 0. The second-order valence-corrected chi connectivity index (χ2v) is 6.49. The van der Waals surface area contributed by atoms with Crippen LogP contribution in [-0.4, -0.2) is 30.4 Å². The summed E-state index contributed by atoms with van der Waals surface area (Å²) in [5, 5.41) is 23.5. The molecule has 3 heterocycles. The summed E-state index contributed by atoms with van der Waals surface area (Å²) in [5.74, 6) is -7.42. The first-order valence-corrected chi connectivity index (χ1v) is 8.54. The van der Waals surface area contributed by atoms with Crippen LogP contribution in [0.5, 0.6) is 0 Å². The minimum Gasteiger partial charge on any atom is -0.283 e. The molecule has 0 fully saturated rings. The average molecular weight is 415 g/mol. The second-order valence-electron chi connectivity index (χ2n) is 6.49. The zero-order chi connectivity index (χ0) is 21.6. The predicted octanol–water partition coefficient (Wildman–Crippen LogP) is 3.21. The van der Waals surface area contributed by atoms with Crippen molar-refractivity contribution in [2.75, 3.05) is 0 Å². The fourth-order valence-electron chi connectivity index (χ4n) is 2.98. The van der Waals surface area contributed by atoms with Crippen molar-refractivity contribution in [3.05, 3.63) is 71.6 Å². The lowest BCUT2D eigenvalue weighted by Crippen LogP contribution is -2.40. The molecule has 0 radical (unpaired) electrons. The van der Waals surface area contributed by atoms with Crippen LogP contribution in [0.15, 0.2) is 48.9 Å². The SMILES string of the molecule is Cn1cc2c(F)c(C(F)(F)C(=N)n3nc(-c4cncc(F)c4)ccc3=N)ccc2n1. The molecule has 3 aromatic heterocycles. The van der Waals surface area contributed by atoms with E-state index < -0.39 is 34.4 Å². The first-order valence-electron chi connectivity index (χ1n) is 8.54. The molecule has 11 heteroatoms. The molecule has 0 aliphatic heterocycles. The minimum atomic E-state index is -4.11. The highest BCUT2D eigenvalue weighted by Gasteiger charge is 2.42. The number of fused-ring (bicyclic) bond motifs is 1. The Bertz CT molecular complexity index is 1360. The van der Waals surface area contributed by atoms with Gasteiger partial charge in [-0.2, -0.15) is 23.7 Å². The Balaban J connectivity index is 1.81. The van der Waals surface area contributed by atoms with E-state index >= 15 is 8.78 Å². The fraction of sp³-hybridized carbons (Fsp3) is 0.105. The number of rotatable bonds is 3. The Morgan fingerprint density at radius 2 is 1.83 bits per heavy atom. The minimum absolute atomic E-state index is 0.0155. The van der Waals surface area contributed by atoms with Gasteiger partial charge in [-0.25, -0.2) is 8.78 Å². The lowest BCUT2D eigenvalue weighted by molar-refractivity contribution is 0.0657. The van der Waals surface area contributed by atoms with Crippen molar-refractivity contribution in [2.24, 2.45) is 7.05 Å². The van der Waals surface area contributed by atoms with Crippen LogP contribution in [0.25, 0.3) is 22.2 Å². The van der Waals surface area contributed by atoms with Gasteiger partial charge in [-0.1, -0.05) is 0 Å². The molecule has 0 bridgehead atoms. The van der Waals surface area contributed by atoms with Crippen molar-refractivity contribution in [1.82, 2.24) is 24.5 Å². The zero-order valence-corrected chi connectivity index (χ0v) is 15.4. The van der Waals surface area contributed by atoms with Crippen LogP contribution >= 0.6 is 0 Å². The van der Waals surface area contributed by atoms with Gasteiger partial charge < -0.3 is 0 Å². The van der Waals surface area contributed by atoms with E-state index in [4.69, 9.17) is 10.8 Å². The Labute approximate surface area is 166 Å². The van der Waals surface area contributed by atoms with E-state index in [-0.39, 0.29) is 22.2 Å². The van der Waals surface area contributed by atoms with E-state index in [2.05, 4.69) is 15.2 Å². The van der Waals surface area contributed by atoms with Crippen molar-refractivity contribution in [2.45, 2.75) is 5.92 Å². The van der Waals surface area contributed by atoms with Crippen LogP contribution in [0.2, 0.25) is 0 Å². The zero-order valence-electron chi connectivity index (χ0n) is 15.4. The van der Waals surface area contributed by atoms with Gasteiger partial charge in [-0.15, -0.1) is 0 Å². The van der Waals surface area contributed by atoms with Crippen LogP contribution < -0.4 is 5.49 Å². The van der Waals surface area contributed by atoms with Gasteiger partial charge in [0.25, 0.3) is 0 Å². The van der Waals surface area contributed by atoms with Gasteiger partial charge in [0.15, 0.2) is 5.84 Å². The molecule has 0 unspecified atom stereocenters. The van der Waals surface area contributed by atoms with E-state index in [0.717, 1.165) is 24.4 Å². The summed E-state index contributed by atoms with van der Waals surface area (Å²) in [7, 11) is 1.53. The van der Waals surface area contributed by atoms with Gasteiger partial charge in [0.05, 0.1) is 28.4 Å². The van der Waals surface area contributed by atoms with Crippen molar-refractivity contribution in [1.29, 1.82) is 10.8 Å². The molecule has 152 valence electrons. The number of aromatic nitrogens is 5. The summed E-state index contributed by atoms with van der Waals surface area (Å²) in [5.41, 5.74) is -1.20. The topological polar surface area (TPSA) is 96.2 Å². The van der Waals surface area contributed by atoms with E-state index in [1.165, 1.54) is 36.3 Å². The Morgan fingerprint density at radius 3 is 2.57 bits per heavy atom. The fourth-order valence-corrected chi connectivity index (χ4v) is 2.98. The number of nitrogens with zero attached hydrogens (tertiary/aromatic N) is 5. The van der Waals surface area contributed by atoms with Crippen molar-refractivity contribution in [3.8, 4) is 11.3 Å². The lowest BCUT2D eigenvalue weighted by Gasteiger charge is -2.20. The van der Waals surface area contributed by atoms with E-state index in [0.29, 0.717) is 4.68 Å². The van der Waals surface area contributed by atoms with Crippen LogP contribution in [0.4, 0.5) is 17.6 Å². The van der Waals surface area contributed by atoms with Crippen LogP contribution in [-0.2, 0) is 13.0 Å².